The molecule has 0 spiro atoms. The Hall–Kier alpha value is -2.08. The van der Waals surface area contributed by atoms with Crippen molar-refractivity contribution in [3.05, 3.63) is 29.3 Å². The number of amides is 2. The van der Waals surface area contributed by atoms with Crippen LogP contribution in [-0.2, 0) is 9.59 Å². The maximum absolute atomic E-state index is 12.4. The number of benzene rings is 1. The molecule has 2 amide bonds. The summed E-state index contributed by atoms with van der Waals surface area (Å²) in [6, 6.07) is 5.96. The summed E-state index contributed by atoms with van der Waals surface area (Å²) < 4.78 is 5.79. The van der Waals surface area contributed by atoms with Gasteiger partial charge in [0, 0.05) is 31.7 Å². The average molecular weight is 376 g/mol. The van der Waals surface area contributed by atoms with Gasteiger partial charge in [-0.1, -0.05) is 12.1 Å². The van der Waals surface area contributed by atoms with E-state index in [0.29, 0.717) is 32.7 Å². The molecule has 1 saturated heterocycles. The van der Waals surface area contributed by atoms with Crippen molar-refractivity contribution in [1.29, 1.82) is 0 Å². The molecule has 1 aromatic carbocycles. The highest BCUT2D eigenvalue weighted by Gasteiger charge is 2.23. The lowest BCUT2D eigenvalue weighted by Crippen LogP contribution is -2.53. The van der Waals surface area contributed by atoms with Crippen molar-refractivity contribution in [2.24, 2.45) is 0 Å². The standard InChI is InChI=1S/C21H33N3O3/c1-16-7-6-8-18(17(16)2)27-14-9-20(26)24-12-10-23(11-13-24)15-19(25)22-21(3,4)5/h6-8H,9-15H2,1-5H3,(H,22,25). The Balaban J connectivity index is 1.70. The molecule has 6 heteroatoms. The number of carbonyl (C=O) groups excluding carboxylic acids is 2. The van der Waals surface area contributed by atoms with Crippen molar-refractivity contribution in [3.8, 4) is 5.75 Å². The molecule has 1 aliphatic heterocycles. The number of aryl methyl sites for hydroxylation is 1. The highest BCUT2D eigenvalue weighted by atomic mass is 16.5. The van der Waals surface area contributed by atoms with Gasteiger partial charge >= 0.3 is 0 Å². The summed E-state index contributed by atoms with van der Waals surface area (Å²) in [6.45, 7) is 13.5. The van der Waals surface area contributed by atoms with Crippen LogP contribution in [0.25, 0.3) is 0 Å². The molecule has 2 rings (SSSR count). The molecule has 1 heterocycles. The van der Waals surface area contributed by atoms with Gasteiger partial charge in [0.25, 0.3) is 0 Å². The Labute approximate surface area is 162 Å². The molecule has 0 radical (unpaired) electrons. The van der Waals surface area contributed by atoms with Crippen LogP contribution in [0.15, 0.2) is 18.2 Å². The molecule has 0 aromatic heterocycles. The van der Waals surface area contributed by atoms with Gasteiger partial charge in [0.05, 0.1) is 19.6 Å². The van der Waals surface area contributed by atoms with Crippen LogP contribution in [0.4, 0.5) is 0 Å². The van der Waals surface area contributed by atoms with Crippen LogP contribution in [0.3, 0.4) is 0 Å². The second-order valence-corrected chi connectivity index (χ2v) is 8.25. The fourth-order valence-corrected chi connectivity index (χ4v) is 3.10. The molecule has 0 bridgehead atoms. The fourth-order valence-electron chi connectivity index (χ4n) is 3.10. The normalized spacial score (nSPS) is 15.5. The van der Waals surface area contributed by atoms with E-state index in [2.05, 4.69) is 23.2 Å². The van der Waals surface area contributed by atoms with Crippen molar-refractivity contribution < 1.29 is 14.3 Å². The van der Waals surface area contributed by atoms with Gasteiger partial charge in [-0.3, -0.25) is 14.5 Å². The Morgan fingerprint density at radius 2 is 1.78 bits per heavy atom. The minimum Gasteiger partial charge on any atom is -0.493 e. The number of hydrogen-bond acceptors (Lipinski definition) is 4. The average Bonchev–Trinajstić information content (AvgIpc) is 2.57. The van der Waals surface area contributed by atoms with Crippen LogP contribution >= 0.6 is 0 Å². The highest BCUT2D eigenvalue weighted by molar-refractivity contribution is 5.79. The Bertz CT molecular complexity index is 659. The Morgan fingerprint density at radius 1 is 1.11 bits per heavy atom. The summed E-state index contributed by atoms with van der Waals surface area (Å²) in [5, 5.41) is 2.97. The lowest BCUT2D eigenvalue weighted by molar-refractivity contribution is -0.133. The predicted octanol–water partition coefficient (Wildman–Crippen LogP) is 2.13. The van der Waals surface area contributed by atoms with E-state index in [9.17, 15) is 9.59 Å². The largest absolute Gasteiger partial charge is 0.493 e. The zero-order valence-corrected chi connectivity index (χ0v) is 17.3. The Morgan fingerprint density at radius 3 is 2.41 bits per heavy atom. The lowest BCUT2D eigenvalue weighted by Gasteiger charge is -2.35. The van der Waals surface area contributed by atoms with Crippen molar-refractivity contribution >= 4 is 11.8 Å². The third kappa shape index (κ3) is 6.86. The molecule has 0 aliphatic carbocycles. The van der Waals surface area contributed by atoms with Gasteiger partial charge in [-0.05, 0) is 51.8 Å². The van der Waals surface area contributed by atoms with E-state index in [0.717, 1.165) is 24.4 Å². The van der Waals surface area contributed by atoms with Gasteiger partial charge in [-0.2, -0.15) is 0 Å². The first-order chi connectivity index (χ1) is 12.7. The monoisotopic (exact) mass is 375 g/mol. The van der Waals surface area contributed by atoms with E-state index < -0.39 is 0 Å². The summed E-state index contributed by atoms with van der Waals surface area (Å²) in [6.07, 6.45) is 0.373. The molecule has 27 heavy (non-hydrogen) atoms. The van der Waals surface area contributed by atoms with Crippen LogP contribution in [0.2, 0.25) is 0 Å². The topological polar surface area (TPSA) is 61.9 Å². The number of nitrogens with one attached hydrogen (secondary N) is 1. The van der Waals surface area contributed by atoms with Crippen LogP contribution in [0.1, 0.15) is 38.3 Å². The van der Waals surface area contributed by atoms with E-state index in [-0.39, 0.29) is 17.4 Å². The molecule has 0 saturated carbocycles. The van der Waals surface area contributed by atoms with Crippen molar-refractivity contribution in [3.63, 3.8) is 0 Å². The number of carbonyl (C=O) groups is 2. The summed E-state index contributed by atoms with van der Waals surface area (Å²) in [4.78, 5) is 28.4. The predicted molar refractivity (Wildman–Crippen MR) is 107 cm³/mol. The molecule has 150 valence electrons. The quantitative estimate of drug-likeness (QED) is 0.827. The molecule has 1 aromatic rings. The van der Waals surface area contributed by atoms with Gasteiger partial charge in [-0.15, -0.1) is 0 Å². The van der Waals surface area contributed by atoms with Gasteiger partial charge in [0.1, 0.15) is 5.75 Å². The summed E-state index contributed by atoms with van der Waals surface area (Å²) in [7, 11) is 0. The molecular weight excluding hydrogens is 342 g/mol. The molecule has 0 unspecified atom stereocenters. The van der Waals surface area contributed by atoms with E-state index in [1.165, 1.54) is 5.56 Å². The first kappa shape index (κ1) is 21.2. The van der Waals surface area contributed by atoms with E-state index in [1.807, 2.05) is 44.7 Å². The molecule has 1 fully saturated rings. The minimum atomic E-state index is -0.218. The lowest BCUT2D eigenvalue weighted by atomic mass is 10.1. The van der Waals surface area contributed by atoms with Crippen molar-refractivity contribution in [2.45, 2.75) is 46.6 Å². The van der Waals surface area contributed by atoms with Gasteiger partial charge < -0.3 is 15.0 Å². The van der Waals surface area contributed by atoms with E-state index in [4.69, 9.17) is 4.74 Å². The first-order valence-electron chi connectivity index (χ1n) is 9.66. The Kier molecular flexibility index (Phi) is 7.25. The second kappa shape index (κ2) is 9.22. The van der Waals surface area contributed by atoms with Crippen molar-refractivity contribution in [2.75, 3.05) is 39.3 Å². The number of ether oxygens (including phenoxy) is 1. The summed E-state index contributed by atoms with van der Waals surface area (Å²) in [5.74, 6) is 0.987. The SMILES string of the molecule is Cc1cccc(OCCC(=O)N2CCN(CC(=O)NC(C)(C)C)CC2)c1C. The number of nitrogens with zero attached hydrogens (tertiary/aromatic N) is 2. The third-order valence-electron chi connectivity index (χ3n) is 4.74. The molecule has 1 aliphatic rings. The zero-order valence-electron chi connectivity index (χ0n) is 17.3. The highest BCUT2D eigenvalue weighted by Crippen LogP contribution is 2.20. The van der Waals surface area contributed by atoms with Crippen LogP contribution < -0.4 is 10.1 Å². The number of hydrogen-bond donors (Lipinski definition) is 1. The maximum Gasteiger partial charge on any atom is 0.234 e. The van der Waals surface area contributed by atoms with Crippen LogP contribution in [0.5, 0.6) is 5.75 Å². The molecule has 0 atom stereocenters. The number of rotatable bonds is 6. The number of piperazine rings is 1. The fraction of sp³-hybridized carbons (Fsp3) is 0.619. The minimum absolute atomic E-state index is 0.0317. The van der Waals surface area contributed by atoms with E-state index >= 15 is 0 Å². The third-order valence-corrected chi connectivity index (χ3v) is 4.74. The summed E-state index contributed by atoms with van der Waals surface area (Å²) >= 11 is 0. The van der Waals surface area contributed by atoms with Gasteiger partial charge in [0.2, 0.25) is 11.8 Å². The van der Waals surface area contributed by atoms with Crippen molar-refractivity contribution in [1.82, 2.24) is 15.1 Å². The van der Waals surface area contributed by atoms with Crippen LogP contribution in [0, 0.1) is 13.8 Å². The maximum atomic E-state index is 12.4. The molecule has 6 nitrogen and oxygen atoms in total. The molecular formula is C21H33N3O3. The zero-order chi connectivity index (χ0) is 20.0. The van der Waals surface area contributed by atoms with Crippen LogP contribution in [-0.4, -0.2) is 66.5 Å². The van der Waals surface area contributed by atoms with E-state index in [1.54, 1.807) is 0 Å². The van der Waals surface area contributed by atoms with Gasteiger partial charge in [-0.25, -0.2) is 0 Å². The first-order valence-corrected chi connectivity index (χ1v) is 9.66. The molecule has 1 N–H and O–H groups in total. The second-order valence-electron chi connectivity index (χ2n) is 8.25. The summed E-state index contributed by atoms with van der Waals surface area (Å²) in [5.41, 5.74) is 2.09. The van der Waals surface area contributed by atoms with Gasteiger partial charge in [0.15, 0.2) is 0 Å². The smallest absolute Gasteiger partial charge is 0.234 e.